The van der Waals surface area contributed by atoms with Crippen molar-refractivity contribution in [1.29, 1.82) is 0 Å². The first kappa shape index (κ1) is 10.9. The van der Waals surface area contributed by atoms with Gasteiger partial charge < -0.3 is 15.4 Å². The number of rotatable bonds is 2. The van der Waals surface area contributed by atoms with Gasteiger partial charge >= 0.3 is 0 Å². The molecule has 1 aliphatic heterocycles. The Kier molecular flexibility index (Phi) is 2.51. The maximum atomic E-state index is 5.97. The van der Waals surface area contributed by atoms with E-state index in [2.05, 4.69) is 30.1 Å². The third kappa shape index (κ3) is 1.61. The van der Waals surface area contributed by atoms with Crippen LogP contribution in [-0.4, -0.2) is 26.7 Å². The molecule has 92 valence electrons. The van der Waals surface area contributed by atoms with Gasteiger partial charge in [0.1, 0.15) is 12.4 Å². The Morgan fingerprint density at radius 3 is 2.88 bits per heavy atom. The minimum Gasteiger partial charge on any atom is -0.490 e. The first-order valence-electron chi connectivity index (χ1n) is 6.44. The van der Waals surface area contributed by atoms with Crippen molar-refractivity contribution in [3.8, 4) is 5.75 Å². The Morgan fingerprint density at radius 2 is 2.24 bits per heavy atom. The molecule has 3 rings (SSSR count). The van der Waals surface area contributed by atoms with Gasteiger partial charge in [0.05, 0.1) is 12.2 Å². The van der Waals surface area contributed by atoms with Crippen molar-refractivity contribution in [1.82, 2.24) is 0 Å². The van der Waals surface area contributed by atoms with Gasteiger partial charge in [0, 0.05) is 19.0 Å². The van der Waals surface area contributed by atoms with E-state index in [1.54, 1.807) is 0 Å². The standard InChI is InChI=1S/C14H20N2O/c1-16-7-8-17-13-4-3-11(9-12(13)16)14(10-15)5-2-6-14/h3-4,9H,2,5-8,10,15H2,1H3. The minimum absolute atomic E-state index is 0.243. The fourth-order valence-electron chi connectivity index (χ4n) is 2.89. The summed E-state index contributed by atoms with van der Waals surface area (Å²) in [4.78, 5) is 2.27. The first-order chi connectivity index (χ1) is 8.25. The van der Waals surface area contributed by atoms with Crippen LogP contribution in [-0.2, 0) is 5.41 Å². The number of hydrogen-bond donors (Lipinski definition) is 1. The van der Waals surface area contributed by atoms with E-state index >= 15 is 0 Å². The highest BCUT2D eigenvalue weighted by Gasteiger charge is 2.37. The van der Waals surface area contributed by atoms with Gasteiger partial charge in [0.25, 0.3) is 0 Å². The van der Waals surface area contributed by atoms with Gasteiger partial charge in [0.2, 0.25) is 0 Å². The summed E-state index contributed by atoms with van der Waals surface area (Å²) in [5, 5.41) is 0. The van der Waals surface area contributed by atoms with E-state index in [0.29, 0.717) is 0 Å². The molecule has 0 radical (unpaired) electrons. The largest absolute Gasteiger partial charge is 0.490 e. The van der Waals surface area contributed by atoms with E-state index in [0.717, 1.165) is 25.4 Å². The second-order valence-electron chi connectivity index (χ2n) is 5.29. The molecule has 2 N–H and O–H groups in total. The van der Waals surface area contributed by atoms with Crippen LogP contribution in [0.15, 0.2) is 18.2 Å². The van der Waals surface area contributed by atoms with Gasteiger partial charge in [0.15, 0.2) is 0 Å². The average molecular weight is 232 g/mol. The van der Waals surface area contributed by atoms with Crippen LogP contribution in [0.25, 0.3) is 0 Å². The van der Waals surface area contributed by atoms with E-state index < -0.39 is 0 Å². The predicted molar refractivity (Wildman–Crippen MR) is 69.8 cm³/mol. The molecule has 1 saturated carbocycles. The van der Waals surface area contributed by atoms with Crippen LogP contribution in [0, 0.1) is 0 Å². The number of fused-ring (bicyclic) bond motifs is 1. The molecular formula is C14H20N2O. The Hall–Kier alpha value is -1.22. The molecule has 0 unspecified atom stereocenters. The zero-order chi connectivity index (χ0) is 11.9. The van der Waals surface area contributed by atoms with Crippen molar-refractivity contribution in [2.24, 2.45) is 5.73 Å². The maximum absolute atomic E-state index is 5.97. The number of anilines is 1. The van der Waals surface area contributed by atoms with Crippen LogP contribution in [0.1, 0.15) is 24.8 Å². The number of hydrogen-bond acceptors (Lipinski definition) is 3. The van der Waals surface area contributed by atoms with Gasteiger partial charge in [-0.1, -0.05) is 12.5 Å². The van der Waals surface area contributed by atoms with E-state index in [1.165, 1.54) is 30.5 Å². The molecule has 0 amide bonds. The highest BCUT2D eigenvalue weighted by molar-refractivity contribution is 5.62. The van der Waals surface area contributed by atoms with Crippen molar-refractivity contribution in [3.05, 3.63) is 23.8 Å². The van der Waals surface area contributed by atoms with Gasteiger partial charge in [-0.2, -0.15) is 0 Å². The number of nitrogens with two attached hydrogens (primary N) is 1. The second kappa shape index (κ2) is 3.91. The van der Waals surface area contributed by atoms with E-state index in [9.17, 15) is 0 Å². The van der Waals surface area contributed by atoms with E-state index in [1.807, 2.05) is 0 Å². The summed E-state index contributed by atoms with van der Waals surface area (Å²) in [5.74, 6) is 1.01. The van der Waals surface area contributed by atoms with Crippen molar-refractivity contribution >= 4 is 5.69 Å². The average Bonchev–Trinajstić information content (AvgIpc) is 2.29. The van der Waals surface area contributed by atoms with E-state index in [4.69, 9.17) is 10.5 Å². The second-order valence-corrected chi connectivity index (χ2v) is 5.29. The third-order valence-electron chi connectivity index (χ3n) is 4.37. The molecule has 1 aliphatic carbocycles. The molecule has 3 nitrogen and oxygen atoms in total. The third-order valence-corrected chi connectivity index (χ3v) is 4.37. The van der Waals surface area contributed by atoms with Gasteiger partial charge in [-0.15, -0.1) is 0 Å². The zero-order valence-electron chi connectivity index (χ0n) is 10.4. The molecule has 3 heteroatoms. The topological polar surface area (TPSA) is 38.5 Å². The molecule has 1 heterocycles. The van der Waals surface area contributed by atoms with Crippen molar-refractivity contribution in [2.75, 3.05) is 31.6 Å². The number of nitrogens with zero attached hydrogens (tertiary/aromatic N) is 1. The molecule has 0 saturated heterocycles. The van der Waals surface area contributed by atoms with Gasteiger partial charge in [-0.3, -0.25) is 0 Å². The molecular weight excluding hydrogens is 212 g/mol. The smallest absolute Gasteiger partial charge is 0.142 e. The zero-order valence-corrected chi connectivity index (χ0v) is 10.4. The van der Waals surface area contributed by atoms with Crippen LogP contribution in [0.4, 0.5) is 5.69 Å². The van der Waals surface area contributed by atoms with Crippen LogP contribution >= 0.6 is 0 Å². The first-order valence-corrected chi connectivity index (χ1v) is 6.44. The van der Waals surface area contributed by atoms with Crippen LogP contribution in [0.5, 0.6) is 5.75 Å². The summed E-state index contributed by atoms with van der Waals surface area (Å²) < 4.78 is 5.67. The number of likely N-dealkylation sites (N-methyl/N-ethyl adjacent to an activating group) is 1. The Balaban J connectivity index is 1.99. The fraction of sp³-hybridized carbons (Fsp3) is 0.571. The lowest BCUT2D eigenvalue weighted by molar-refractivity contribution is 0.252. The molecule has 0 aromatic heterocycles. The summed E-state index contributed by atoms with van der Waals surface area (Å²) in [6, 6.07) is 6.58. The van der Waals surface area contributed by atoms with E-state index in [-0.39, 0.29) is 5.41 Å². The number of benzene rings is 1. The maximum Gasteiger partial charge on any atom is 0.142 e. The lowest BCUT2D eigenvalue weighted by Gasteiger charge is -2.42. The predicted octanol–water partition coefficient (Wildman–Crippen LogP) is 1.90. The molecule has 0 bridgehead atoms. The summed E-state index contributed by atoms with van der Waals surface area (Å²) >= 11 is 0. The van der Waals surface area contributed by atoms with Crippen LogP contribution in [0.3, 0.4) is 0 Å². The fourth-order valence-corrected chi connectivity index (χ4v) is 2.89. The lowest BCUT2D eigenvalue weighted by atomic mass is 9.64. The molecule has 0 atom stereocenters. The van der Waals surface area contributed by atoms with Crippen LogP contribution in [0.2, 0.25) is 0 Å². The molecule has 1 aromatic carbocycles. The Bertz CT molecular complexity index is 421. The molecule has 1 fully saturated rings. The molecule has 0 spiro atoms. The van der Waals surface area contributed by atoms with Crippen molar-refractivity contribution in [2.45, 2.75) is 24.7 Å². The quantitative estimate of drug-likeness (QED) is 0.846. The summed E-state index contributed by atoms with van der Waals surface area (Å²) in [6.45, 7) is 2.51. The number of ether oxygens (including phenoxy) is 1. The molecule has 17 heavy (non-hydrogen) atoms. The highest BCUT2D eigenvalue weighted by atomic mass is 16.5. The van der Waals surface area contributed by atoms with Crippen LogP contribution < -0.4 is 15.4 Å². The Morgan fingerprint density at radius 1 is 1.41 bits per heavy atom. The SMILES string of the molecule is CN1CCOc2ccc(C3(CN)CCC3)cc21. The Labute approximate surface area is 103 Å². The summed E-state index contributed by atoms with van der Waals surface area (Å²) in [5.41, 5.74) is 8.82. The summed E-state index contributed by atoms with van der Waals surface area (Å²) in [7, 11) is 2.13. The summed E-state index contributed by atoms with van der Waals surface area (Å²) in [6.07, 6.45) is 3.76. The highest BCUT2D eigenvalue weighted by Crippen LogP contribution is 2.45. The normalized spacial score (nSPS) is 21.4. The van der Waals surface area contributed by atoms with Gasteiger partial charge in [-0.25, -0.2) is 0 Å². The van der Waals surface area contributed by atoms with Gasteiger partial charge in [-0.05, 0) is 30.5 Å². The van der Waals surface area contributed by atoms with Crippen molar-refractivity contribution < 1.29 is 4.74 Å². The lowest BCUT2D eigenvalue weighted by Crippen LogP contribution is -2.41. The minimum atomic E-state index is 0.243. The monoisotopic (exact) mass is 232 g/mol. The molecule has 2 aliphatic rings. The molecule has 1 aromatic rings. The van der Waals surface area contributed by atoms with Crippen molar-refractivity contribution in [3.63, 3.8) is 0 Å².